The van der Waals surface area contributed by atoms with Gasteiger partial charge in [0.1, 0.15) is 11.5 Å². The van der Waals surface area contributed by atoms with Crippen LogP contribution in [0.1, 0.15) is 5.56 Å². The van der Waals surface area contributed by atoms with Crippen LogP contribution >= 0.6 is 0 Å². The Hall–Kier alpha value is -2.76. The fourth-order valence-electron chi connectivity index (χ4n) is 1.89. The van der Waals surface area contributed by atoms with Crippen molar-refractivity contribution in [3.05, 3.63) is 58.1 Å². The Labute approximate surface area is 122 Å². The molecule has 21 heavy (non-hydrogen) atoms. The zero-order valence-electron chi connectivity index (χ0n) is 11.8. The summed E-state index contributed by atoms with van der Waals surface area (Å²) in [6.45, 7) is 0.529. The third-order valence-corrected chi connectivity index (χ3v) is 3.04. The molecule has 0 atom stereocenters. The third-order valence-electron chi connectivity index (χ3n) is 3.04. The number of hydrogen-bond acceptors (Lipinski definition) is 5. The van der Waals surface area contributed by atoms with Gasteiger partial charge in [-0.3, -0.25) is 10.1 Å². The van der Waals surface area contributed by atoms with E-state index < -0.39 is 4.92 Å². The molecule has 0 aliphatic heterocycles. The van der Waals surface area contributed by atoms with Crippen molar-refractivity contribution in [1.82, 2.24) is 0 Å². The molecule has 2 rings (SSSR count). The molecule has 6 nitrogen and oxygen atoms in total. The highest BCUT2D eigenvalue weighted by atomic mass is 16.6. The third kappa shape index (κ3) is 3.62. The lowest BCUT2D eigenvalue weighted by molar-refractivity contribution is -0.384. The van der Waals surface area contributed by atoms with E-state index in [1.807, 2.05) is 18.2 Å². The number of hydrogen-bond donors (Lipinski definition) is 1. The molecule has 2 aromatic rings. The molecule has 6 heteroatoms. The van der Waals surface area contributed by atoms with Gasteiger partial charge in [0, 0.05) is 24.7 Å². The first-order valence-corrected chi connectivity index (χ1v) is 6.33. The Kier molecular flexibility index (Phi) is 4.61. The summed E-state index contributed by atoms with van der Waals surface area (Å²) in [4.78, 5) is 10.2. The quantitative estimate of drug-likeness (QED) is 0.652. The first kappa shape index (κ1) is 14.6. The van der Waals surface area contributed by atoms with Crippen LogP contribution in [0.4, 0.5) is 11.4 Å². The molecule has 0 unspecified atom stereocenters. The van der Waals surface area contributed by atoms with E-state index in [1.165, 1.54) is 12.1 Å². The average molecular weight is 288 g/mol. The number of benzene rings is 2. The zero-order valence-corrected chi connectivity index (χ0v) is 11.8. The van der Waals surface area contributed by atoms with Gasteiger partial charge >= 0.3 is 0 Å². The molecule has 0 amide bonds. The van der Waals surface area contributed by atoms with E-state index in [1.54, 1.807) is 26.4 Å². The minimum absolute atomic E-state index is 0.0812. The topological polar surface area (TPSA) is 73.6 Å². The van der Waals surface area contributed by atoms with Crippen LogP contribution in [0.2, 0.25) is 0 Å². The van der Waals surface area contributed by atoms with E-state index in [9.17, 15) is 10.1 Å². The summed E-state index contributed by atoms with van der Waals surface area (Å²) < 4.78 is 10.5. The average Bonchev–Trinajstić information content (AvgIpc) is 2.52. The van der Waals surface area contributed by atoms with Crippen molar-refractivity contribution >= 4 is 11.4 Å². The SMILES string of the molecule is COc1ccc(OC)c(NCc2ccc([N+](=O)[O-])cc2)c1. The largest absolute Gasteiger partial charge is 0.497 e. The number of non-ortho nitro benzene ring substituents is 1. The molecule has 0 heterocycles. The van der Waals surface area contributed by atoms with Gasteiger partial charge in [0.05, 0.1) is 24.8 Å². The Morgan fingerprint density at radius 2 is 1.81 bits per heavy atom. The van der Waals surface area contributed by atoms with Gasteiger partial charge in [0.15, 0.2) is 0 Å². The maximum atomic E-state index is 10.6. The number of nitrogens with zero attached hydrogens (tertiary/aromatic N) is 1. The molecule has 0 aromatic heterocycles. The molecular weight excluding hydrogens is 272 g/mol. The molecule has 0 saturated carbocycles. The second-order valence-electron chi connectivity index (χ2n) is 4.34. The predicted octanol–water partition coefficient (Wildman–Crippen LogP) is 3.22. The van der Waals surface area contributed by atoms with E-state index in [-0.39, 0.29) is 5.69 Å². The number of ether oxygens (including phenoxy) is 2. The Morgan fingerprint density at radius 3 is 2.38 bits per heavy atom. The number of nitro benzene ring substituents is 1. The van der Waals surface area contributed by atoms with Gasteiger partial charge in [-0.05, 0) is 17.7 Å². The number of nitrogens with one attached hydrogen (secondary N) is 1. The number of rotatable bonds is 6. The van der Waals surface area contributed by atoms with E-state index in [0.29, 0.717) is 12.3 Å². The summed E-state index contributed by atoms with van der Waals surface area (Å²) in [5.41, 5.74) is 1.82. The van der Waals surface area contributed by atoms with E-state index in [4.69, 9.17) is 9.47 Å². The fourth-order valence-corrected chi connectivity index (χ4v) is 1.89. The van der Waals surface area contributed by atoms with Crippen molar-refractivity contribution in [2.45, 2.75) is 6.54 Å². The van der Waals surface area contributed by atoms with Crippen LogP contribution in [0, 0.1) is 10.1 Å². The van der Waals surface area contributed by atoms with Crippen LogP contribution in [-0.4, -0.2) is 19.1 Å². The van der Waals surface area contributed by atoms with Crippen LogP contribution in [0.3, 0.4) is 0 Å². The number of nitro groups is 1. The summed E-state index contributed by atoms with van der Waals surface area (Å²) >= 11 is 0. The molecule has 0 aliphatic rings. The fraction of sp³-hybridized carbons (Fsp3) is 0.200. The zero-order chi connectivity index (χ0) is 15.2. The van der Waals surface area contributed by atoms with Gasteiger partial charge in [0.25, 0.3) is 5.69 Å². The van der Waals surface area contributed by atoms with Gasteiger partial charge < -0.3 is 14.8 Å². The smallest absolute Gasteiger partial charge is 0.269 e. The molecule has 110 valence electrons. The monoisotopic (exact) mass is 288 g/mol. The Balaban J connectivity index is 2.10. The van der Waals surface area contributed by atoms with Crippen molar-refractivity contribution in [1.29, 1.82) is 0 Å². The van der Waals surface area contributed by atoms with E-state index in [2.05, 4.69) is 5.32 Å². The summed E-state index contributed by atoms with van der Waals surface area (Å²) in [5, 5.41) is 13.8. The lowest BCUT2D eigenvalue weighted by Crippen LogP contribution is -2.02. The molecule has 0 radical (unpaired) electrons. The van der Waals surface area contributed by atoms with Gasteiger partial charge in [0.2, 0.25) is 0 Å². The minimum atomic E-state index is -0.414. The Morgan fingerprint density at radius 1 is 1.10 bits per heavy atom. The normalized spacial score (nSPS) is 10.0. The number of anilines is 1. The molecule has 0 aliphatic carbocycles. The standard InChI is InChI=1S/C15H16N2O4/c1-20-13-7-8-15(21-2)14(9-13)16-10-11-3-5-12(6-4-11)17(18)19/h3-9,16H,10H2,1-2H3. The van der Waals surface area contributed by atoms with Crippen molar-refractivity contribution in [2.24, 2.45) is 0 Å². The lowest BCUT2D eigenvalue weighted by Gasteiger charge is -2.12. The molecule has 2 aromatic carbocycles. The second kappa shape index (κ2) is 6.60. The van der Waals surface area contributed by atoms with Gasteiger partial charge in [-0.2, -0.15) is 0 Å². The van der Waals surface area contributed by atoms with Crippen LogP contribution in [0.15, 0.2) is 42.5 Å². The molecule has 1 N–H and O–H groups in total. The first-order chi connectivity index (χ1) is 10.1. The molecule has 0 bridgehead atoms. The second-order valence-corrected chi connectivity index (χ2v) is 4.34. The van der Waals surface area contributed by atoms with Gasteiger partial charge in [-0.15, -0.1) is 0 Å². The van der Waals surface area contributed by atoms with Gasteiger partial charge in [-0.1, -0.05) is 12.1 Å². The summed E-state index contributed by atoms with van der Waals surface area (Å²) in [7, 11) is 3.20. The molecule has 0 fully saturated rings. The van der Waals surface area contributed by atoms with Crippen molar-refractivity contribution in [3.8, 4) is 11.5 Å². The number of methoxy groups -OCH3 is 2. The highest BCUT2D eigenvalue weighted by Gasteiger charge is 2.06. The lowest BCUT2D eigenvalue weighted by atomic mass is 10.2. The molecule has 0 saturated heterocycles. The van der Waals surface area contributed by atoms with E-state index >= 15 is 0 Å². The minimum Gasteiger partial charge on any atom is -0.497 e. The summed E-state index contributed by atoms with van der Waals surface area (Å²) in [6.07, 6.45) is 0. The maximum Gasteiger partial charge on any atom is 0.269 e. The molecule has 0 spiro atoms. The Bertz CT molecular complexity index is 626. The summed E-state index contributed by atoms with van der Waals surface area (Å²) in [6, 6.07) is 11.9. The van der Waals surface area contributed by atoms with E-state index in [0.717, 1.165) is 17.0 Å². The van der Waals surface area contributed by atoms with Gasteiger partial charge in [-0.25, -0.2) is 0 Å². The molecular formula is C15H16N2O4. The van der Waals surface area contributed by atoms with Crippen molar-refractivity contribution in [2.75, 3.05) is 19.5 Å². The van der Waals surface area contributed by atoms with Crippen molar-refractivity contribution in [3.63, 3.8) is 0 Å². The first-order valence-electron chi connectivity index (χ1n) is 6.33. The van der Waals surface area contributed by atoms with Crippen LogP contribution in [0.25, 0.3) is 0 Å². The summed E-state index contributed by atoms with van der Waals surface area (Å²) in [5.74, 6) is 1.43. The van der Waals surface area contributed by atoms with Crippen molar-refractivity contribution < 1.29 is 14.4 Å². The highest BCUT2D eigenvalue weighted by molar-refractivity contribution is 5.60. The predicted molar refractivity (Wildman–Crippen MR) is 80.0 cm³/mol. The highest BCUT2D eigenvalue weighted by Crippen LogP contribution is 2.29. The van der Waals surface area contributed by atoms with Crippen LogP contribution in [0.5, 0.6) is 11.5 Å². The maximum absolute atomic E-state index is 10.6. The van der Waals surface area contributed by atoms with Crippen LogP contribution < -0.4 is 14.8 Å². The van der Waals surface area contributed by atoms with Crippen LogP contribution in [-0.2, 0) is 6.54 Å².